The number of halogens is 1. The Kier molecular flexibility index (Phi) is 4.72. The summed E-state index contributed by atoms with van der Waals surface area (Å²) >= 11 is 5.97. The highest BCUT2D eigenvalue weighted by Crippen LogP contribution is 2.29. The van der Waals surface area contributed by atoms with E-state index in [-0.39, 0.29) is 17.4 Å². The number of amides is 1. The zero-order valence-corrected chi connectivity index (χ0v) is 15.6. The fourth-order valence-electron chi connectivity index (χ4n) is 3.44. The SMILES string of the molecule is COCCN1C[C@H](c2cc(=O)n3[nH]cc(-c4ccc(Cl)cc4)c3n2)CC1=O. The Hall–Kier alpha value is -2.64. The predicted molar refractivity (Wildman–Crippen MR) is 102 cm³/mol. The Morgan fingerprint density at radius 3 is 2.81 bits per heavy atom. The maximum Gasteiger partial charge on any atom is 0.272 e. The lowest BCUT2D eigenvalue weighted by molar-refractivity contribution is -0.128. The normalized spacial score (nSPS) is 17.2. The van der Waals surface area contributed by atoms with Crippen LogP contribution in [0.2, 0.25) is 5.02 Å². The summed E-state index contributed by atoms with van der Waals surface area (Å²) in [6.07, 6.45) is 2.11. The number of carbonyl (C=O) groups excluding carboxylic acids is 1. The van der Waals surface area contributed by atoms with Crippen molar-refractivity contribution >= 4 is 23.2 Å². The molecule has 1 aliphatic heterocycles. The van der Waals surface area contributed by atoms with Gasteiger partial charge in [0.1, 0.15) is 0 Å². The standard InChI is InChI=1S/C19H19ClN4O3/c1-27-7-6-23-11-13(8-17(23)25)16-9-18(26)24-19(22-16)15(10-21-24)12-2-4-14(20)5-3-12/h2-5,9-10,13,21H,6-8,11H2,1H3/t13-/m1/s1. The Bertz CT molecular complexity index is 1040. The molecule has 0 radical (unpaired) electrons. The summed E-state index contributed by atoms with van der Waals surface area (Å²) in [5.74, 6) is -0.0360. The quantitative estimate of drug-likeness (QED) is 0.729. The van der Waals surface area contributed by atoms with Crippen LogP contribution in [0, 0.1) is 0 Å². The third kappa shape index (κ3) is 3.36. The van der Waals surface area contributed by atoms with Crippen molar-refractivity contribution in [2.75, 3.05) is 26.8 Å². The van der Waals surface area contributed by atoms with Gasteiger partial charge in [-0.2, -0.15) is 0 Å². The van der Waals surface area contributed by atoms with E-state index in [1.807, 2.05) is 12.1 Å². The molecule has 1 saturated heterocycles. The molecule has 0 spiro atoms. The van der Waals surface area contributed by atoms with Crippen LogP contribution in [0.4, 0.5) is 0 Å². The first-order valence-corrected chi connectivity index (χ1v) is 9.08. The third-order valence-corrected chi connectivity index (χ3v) is 5.12. The molecule has 1 fully saturated rings. The van der Waals surface area contributed by atoms with Gasteiger partial charge in [0.25, 0.3) is 5.56 Å². The predicted octanol–water partition coefficient (Wildman–Crippen LogP) is 2.31. The number of H-pyrrole nitrogens is 1. The zero-order valence-electron chi connectivity index (χ0n) is 14.8. The van der Waals surface area contributed by atoms with Crippen LogP contribution in [0.5, 0.6) is 0 Å². The second-order valence-corrected chi connectivity index (χ2v) is 7.04. The number of rotatable bonds is 5. The van der Waals surface area contributed by atoms with Gasteiger partial charge in [-0.05, 0) is 17.7 Å². The summed E-state index contributed by atoms with van der Waals surface area (Å²) in [5.41, 5.74) is 2.71. The molecule has 0 bridgehead atoms. The van der Waals surface area contributed by atoms with Crippen LogP contribution >= 0.6 is 11.6 Å². The average Bonchev–Trinajstić information content (AvgIpc) is 3.25. The lowest BCUT2D eigenvalue weighted by Crippen LogP contribution is -2.28. The number of likely N-dealkylation sites (tertiary alicyclic amines) is 1. The maximum atomic E-state index is 12.5. The summed E-state index contributed by atoms with van der Waals surface area (Å²) in [6, 6.07) is 8.87. The van der Waals surface area contributed by atoms with Gasteiger partial charge in [-0.25, -0.2) is 9.50 Å². The number of hydrogen-bond acceptors (Lipinski definition) is 4. The van der Waals surface area contributed by atoms with Gasteiger partial charge in [0.15, 0.2) is 5.65 Å². The second kappa shape index (κ2) is 7.17. The van der Waals surface area contributed by atoms with E-state index in [4.69, 9.17) is 21.3 Å². The van der Waals surface area contributed by atoms with E-state index in [9.17, 15) is 9.59 Å². The van der Waals surface area contributed by atoms with E-state index >= 15 is 0 Å². The molecule has 1 N–H and O–H groups in total. The van der Waals surface area contributed by atoms with Crippen molar-refractivity contribution in [3.8, 4) is 11.1 Å². The highest BCUT2D eigenvalue weighted by atomic mass is 35.5. The topological polar surface area (TPSA) is 79.7 Å². The number of hydrogen-bond donors (Lipinski definition) is 1. The van der Waals surface area contributed by atoms with Crippen LogP contribution in [-0.2, 0) is 9.53 Å². The fourth-order valence-corrected chi connectivity index (χ4v) is 3.56. The van der Waals surface area contributed by atoms with Crippen LogP contribution in [0.15, 0.2) is 41.3 Å². The molecular weight excluding hydrogens is 368 g/mol. The van der Waals surface area contributed by atoms with Crippen LogP contribution in [0.25, 0.3) is 16.8 Å². The number of fused-ring (bicyclic) bond motifs is 1. The summed E-state index contributed by atoms with van der Waals surface area (Å²) in [7, 11) is 1.61. The zero-order chi connectivity index (χ0) is 19.0. The molecule has 1 aliphatic rings. The van der Waals surface area contributed by atoms with Crippen molar-refractivity contribution in [2.45, 2.75) is 12.3 Å². The number of carbonyl (C=O) groups is 1. The van der Waals surface area contributed by atoms with Crippen molar-refractivity contribution < 1.29 is 9.53 Å². The van der Waals surface area contributed by atoms with Crippen molar-refractivity contribution in [3.05, 3.63) is 57.6 Å². The molecule has 0 saturated carbocycles. The van der Waals surface area contributed by atoms with E-state index < -0.39 is 0 Å². The number of ether oxygens (including phenoxy) is 1. The molecule has 3 aromatic rings. The first-order valence-electron chi connectivity index (χ1n) is 8.70. The molecule has 27 heavy (non-hydrogen) atoms. The van der Waals surface area contributed by atoms with Crippen LogP contribution < -0.4 is 5.56 Å². The average molecular weight is 387 g/mol. The van der Waals surface area contributed by atoms with Gasteiger partial charge < -0.3 is 9.64 Å². The van der Waals surface area contributed by atoms with Crippen LogP contribution in [0.3, 0.4) is 0 Å². The number of aromatic nitrogens is 3. The molecule has 0 aliphatic carbocycles. The van der Waals surface area contributed by atoms with Crippen molar-refractivity contribution in [1.82, 2.24) is 19.5 Å². The third-order valence-electron chi connectivity index (χ3n) is 4.87. The molecule has 140 valence electrons. The van der Waals surface area contributed by atoms with Crippen molar-refractivity contribution in [2.24, 2.45) is 0 Å². The van der Waals surface area contributed by atoms with Crippen molar-refractivity contribution in [3.63, 3.8) is 0 Å². The summed E-state index contributed by atoms with van der Waals surface area (Å²) in [4.78, 5) is 31.2. The molecule has 1 aromatic carbocycles. The molecular formula is C19H19ClN4O3. The molecule has 1 atom stereocenters. The number of nitrogens with one attached hydrogen (secondary N) is 1. The van der Waals surface area contributed by atoms with Crippen LogP contribution in [-0.4, -0.2) is 52.2 Å². The summed E-state index contributed by atoms with van der Waals surface area (Å²) in [5, 5.41) is 3.59. The molecule has 2 aromatic heterocycles. The highest BCUT2D eigenvalue weighted by Gasteiger charge is 2.32. The lowest BCUT2D eigenvalue weighted by Gasteiger charge is -2.15. The fraction of sp³-hybridized carbons (Fsp3) is 0.316. The largest absolute Gasteiger partial charge is 0.383 e. The van der Waals surface area contributed by atoms with E-state index in [0.29, 0.717) is 42.5 Å². The Labute approximate surface area is 160 Å². The summed E-state index contributed by atoms with van der Waals surface area (Å²) in [6.45, 7) is 1.59. The smallest absolute Gasteiger partial charge is 0.272 e. The summed E-state index contributed by atoms with van der Waals surface area (Å²) < 4.78 is 6.47. The minimum Gasteiger partial charge on any atom is -0.383 e. The van der Waals surface area contributed by atoms with Gasteiger partial charge in [0, 0.05) is 55.4 Å². The number of methoxy groups -OCH3 is 1. The number of benzene rings is 1. The van der Waals surface area contributed by atoms with E-state index in [1.165, 1.54) is 10.6 Å². The molecule has 4 rings (SSSR count). The first kappa shape index (κ1) is 17.8. The second-order valence-electron chi connectivity index (χ2n) is 6.61. The monoisotopic (exact) mass is 386 g/mol. The lowest BCUT2D eigenvalue weighted by atomic mass is 10.0. The van der Waals surface area contributed by atoms with E-state index in [2.05, 4.69) is 5.10 Å². The van der Waals surface area contributed by atoms with Gasteiger partial charge in [0.05, 0.1) is 12.3 Å². The molecule has 0 unspecified atom stereocenters. The molecule has 8 heteroatoms. The minimum atomic E-state index is -0.196. The van der Waals surface area contributed by atoms with Crippen molar-refractivity contribution in [1.29, 1.82) is 0 Å². The number of aromatic amines is 1. The van der Waals surface area contributed by atoms with E-state index in [0.717, 1.165) is 11.1 Å². The van der Waals surface area contributed by atoms with E-state index in [1.54, 1.807) is 30.3 Å². The molecule has 7 nitrogen and oxygen atoms in total. The van der Waals surface area contributed by atoms with Gasteiger partial charge in [0.2, 0.25) is 5.91 Å². The molecule has 1 amide bonds. The van der Waals surface area contributed by atoms with Gasteiger partial charge in [-0.3, -0.25) is 14.7 Å². The number of nitrogens with zero attached hydrogens (tertiary/aromatic N) is 3. The van der Waals surface area contributed by atoms with Gasteiger partial charge >= 0.3 is 0 Å². The van der Waals surface area contributed by atoms with Crippen LogP contribution in [0.1, 0.15) is 18.0 Å². The first-order chi connectivity index (χ1) is 13.1. The molecule has 3 heterocycles. The maximum absolute atomic E-state index is 12.5. The Morgan fingerprint density at radius 1 is 1.30 bits per heavy atom. The Morgan fingerprint density at radius 2 is 2.07 bits per heavy atom. The van der Waals surface area contributed by atoms with Gasteiger partial charge in [-0.15, -0.1) is 0 Å². The minimum absolute atomic E-state index is 0.0612. The van der Waals surface area contributed by atoms with Gasteiger partial charge in [-0.1, -0.05) is 23.7 Å². The Balaban J connectivity index is 1.71. The highest BCUT2D eigenvalue weighted by molar-refractivity contribution is 6.30.